The van der Waals surface area contributed by atoms with Crippen LogP contribution in [-0.4, -0.2) is 24.7 Å². The van der Waals surface area contributed by atoms with Crippen LogP contribution in [0.15, 0.2) is 94.7 Å². The maximum absolute atomic E-state index is 13.7. The van der Waals surface area contributed by atoms with Crippen molar-refractivity contribution < 1.29 is 14.3 Å². The molecule has 9 heteroatoms. The van der Waals surface area contributed by atoms with Gasteiger partial charge < -0.3 is 20.7 Å². The smallest absolute Gasteiger partial charge is 0.254 e. The third kappa shape index (κ3) is 6.33. The average Bonchev–Trinajstić information content (AvgIpc) is 2.96. The van der Waals surface area contributed by atoms with Crippen LogP contribution in [-0.2, 0) is 16.0 Å². The van der Waals surface area contributed by atoms with E-state index in [2.05, 4.69) is 22.0 Å². The van der Waals surface area contributed by atoms with Crippen LogP contribution in [0.5, 0.6) is 5.75 Å². The number of halogens is 1. The van der Waals surface area contributed by atoms with Crippen molar-refractivity contribution in [2.75, 3.05) is 23.5 Å². The standard InChI is InChI=1S/C31H29ClN4O3S/c1-4-20-11-5-8-14-24(20)35-27(37)18-40-31-22(17-33)29(21-12-6-7-13-23(21)32)28(19(2)34-31)30(38)36-25-15-9-10-16-26(25)39-3/h5-16,29,34H,4,18H2,1-3H3,(H,35,37)(H,36,38)/t29-/m1/s1. The number of carbonyl (C=O) groups excluding carboxylic acids is 2. The summed E-state index contributed by atoms with van der Waals surface area (Å²) in [6.07, 6.45) is 0.790. The summed E-state index contributed by atoms with van der Waals surface area (Å²) in [4.78, 5) is 26.6. The number of para-hydroxylation sites is 3. The van der Waals surface area contributed by atoms with Gasteiger partial charge in [0, 0.05) is 22.0 Å². The molecule has 0 radical (unpaired) electrons. The SMILES string of the molecule is CCc1ccccc1NC(=O)CSC1=C(C#N)[C@@H](c2ccccc2Cl)C(C(=O)Nc2ccccc2OC)=C(C)N1. The first kappa shape index (κ1) is 28.8. The van der Waals surface area contributed by atoms with E-state index in [-0.39, 0.29) is 11.7 Å². The van der Waals surface area contributed by atoms with Gasteiger partial charge in [-0.25, -0.2) is 0 Å². The molecular weight excluding hydrogens is 544 g/mol. The number of methoxy groups -OCH3 is 1. The highest BCUT2D eigenvalue weighted by atomic mass is 35.5. The van der Waals surface area contributed by atoms with E-state index in [1.165, 1.54) is 18.9 Å². The van der Waals surface area contributed by atoms with Crippen molar-refractivity contribution in [3.8, 4) is 11.8 Å². The summed E-state index contributed by atoms with van der Waals surface area (Å²) in [5.74, 6) is -0.772. The van der Waals surface area contributed by atoms with E-state index in [0.717, 1.165) is 17.7 Å². The number of rotatable bonds is 9. The minimum absolute atomic E-state index is 0.0663. The number of hydrogen-bond acceptors (Lipinski definition) is 6. The summed E-state index contributed by atoms with van der Waals surface area (Å²) >= 11 is 7.81. The Morgan fingerprint density at radius 3 is 2.40 bits per heavy atom. The van der Waals surface area contributed by atoms with Gasteiger partial charge in [-0.2, -0.15) is 5.26 Å². The van der Waals surface area contributed by atoms with Gasteiger partial charge in [0.25, 0.3) is 5.91 Å². The number of carbonyl (C=O) groups is 2. The minimum atomic E-state index is -0.749. The van der Waals surface area contributed by atoms with E-state index in [1.54, 1.807) is 43.3 Å². The molecule has 0 unspecified atom stereocenters. The van der Waals surface area contributed by atoms with Crippen LogP contribution in [0.25, 0.3) is 0 Å². The average molecular weight is 573 g/mol. The fourth-order valence-corrected chi connectivity index (χ4v) is 5.70. The first-order chi connectivity index (χ1) is 19.4. The highest BCUT2D eigenvalue weighted by Crippen LogP contribution is 2.43. The van der Waals surface area contributed by atoms with Gasteiger partial charge in [0.15, 0.2) is 0 Å². The van der Waals surface area contributed by atoms with Crippen molar-refractivity contribution in [3.05, 3.63) is 111 Å². The molecule has 3 aromatic carbocycles. The summed E-state index contributed by atoms with van der Waals surface area (Å²) in [6, 6.07) is 24.2. The van der Waals surface area contributed by atoms with Gasteiger partial charge in [-0.1, -0.05) is 78.8 Å². The molecule has 2 amide bonds. The number of aryl methyl sites for hydroxylation is 1. The molecule has 7 nitrogen and oxygen atoms in total. The summed E-state index contributed by atoms with van der Waals surface area (Å²) in [5.41, 5.74) is 4.12. The molecule has 0 fully saturated rings. The predicted octanol–water partition coefficient (Wildman–Crippen LogP) is 6.62. The normalized spacial score (nSPS) is 14.7. The Balaban J connectivity index is 1.66. The van der Waals surface area contributed by atoms with Crippen LogP contribution in [0.3, 0.4) is 0 Å². The van der Waals surface area contributed by atoms with Gasteiger partial charge in [0.05, 0.1) is 41.1 Å². The minimum Gasteiger partial charge on any atom is -0.495 e. The first-order valence-electron chi connectivity index (χ1n) is 12.7. The summed E-state index contributed by atoms with van der Waals surface area (Å²) in [6.45, 7) is 3.80. The number of ether oxygens (including phenoxy) is 1. The zero-order valence-electron chi connectivity index (χ0n) is 22.4. The fourth-order valence-electron chi connectivity index (χ4n) is 4.56. The van der Waals surface area contributed by atoms with Gasteiger partial charge in [0.1, 0.15) is 5.75 Å². The number of amides is 2. The molecule has 3 aromatic rings. The molecule has 204 valence electrons. The van der Waals surface area contributed by atoms with Gasteiger partial charge in [-0.15, -0.1) is 0 Å². The summed E-state index contributed by atoms with van der Waals surface area (Å²) in [7, 11) is 1.53. The van der Waals surface area contributed by atoms with Crippen molar-refractivity contribution >= 4 is 46.6 Å². The van der Waals surface area contributed by atoms with E-state index in [9.17, 15) is 14.9 Å². The Labute approximate surface area is 243 Å². The van der Waals surface area contributed by atoms with Gasteiger partial charge in [-0.05, 0) is 48.7 Å². The summed E-state index contributed by atoms with van der Waals surface area (Å²) in [5, 5.41) is 20.3. The second-order valence-corrected chi connectivity index (χ2v) is 10.4. The number of allylic oxidation sites excluding steroid dienone is 2. The number of nitriles is 1. The summed E-state index contributed by atoms with van der Waals surface area (Å²) < 4.78 is 5.39. The lowest BCUT2D eigenvalue weighted by Crippen LogP contribution is -2.31. The van der Waals surface area contributed by atoms with E-state index >= 15 is 0 Å². The van der Waals surface area contributed by atoms with Crippen LogP contribution in [0, 0.1) is 11.3 Å². The molecule has 1 aliphatic rings. The number of benzene rings is 3. The predicted molar refractivity (Wildman–Crippen MR) is 161 cm³/mol. The third-order valence-corrected chi connectivity index (χ3v) is 7.84. The fraction of sp³-hybridized carbons (Fsp3) is 0.194. The second kappa shape index (κ2) is 13.2. The maximum atomic E-state index is 13.7. The molecule has 1 aliphatic heterocycles. The van der Waals surface area contributed by atoms with Gasteiger partial charge >= 0.3 is 0 Å². The first-order valence-corrected chi connectivity index (χ1v) is 14.1. The van der Waals surface area contributed by atoms with Crippen molar-refractivity contribution in [2.45, 2.75) is 26.2 Å². The molecule has 4 rings (SSSR count). The highest BCUT2D eigenvalue weighted by molar-refractivity contribution is 8.03. The molecule has 0 saturated heterocycles. The number of anilines is 2. The third-order valence-electron chi connectivity index (χ3n) is 6.48. The van der Waals surface area contributed by atoms with Crippen LogP contribution in [0.2, 0.25) is 5.02 Å². The zero-order valence-corrected chi connectivity index (χ0v) is 24.0. The Bertz CT molecular complexity index is 1540. The second-order valence-electron chi connectivity index (χ2n) is 8.97. The van der Waals surface area contributed by atoms with E-state index in [4.69, 9.17) is 16.3 Å². The van der Waals surface area contributed by atoms with Crippen molar-refractivity contribution in [1.82, 2.24) is 5.32 Å². The van der Waals surface area contributed by atoms with Crippen molar-refractivity contribution in [3.63, 3.8) is 0 Å². The number of hydrogen-bond donors (Lipinski definition) is 3. The molecule has 0 aromatic heterocycles. The zero-order chi connectivity index (χ0) is 28.6. The number of nitrogens with one attached hydrogen (secondary N) is 3. The molecule has 1 atom stereocenters. The van der Waals surface area contributed by atoms with Gasteiger partial charge in [-0.3, -0.25) is 9.59 Å². The Morgan fingerprint density at radius 2 is 1.70 bits per heavy atom. The van der Waals surface area contributed by atoms with Crippen molar-refractivity contribution in [2.24, 2.45) is 0 Å². The number of dihydropyridines is 1. The Morgan fingerprint density at radius 1 is 1.02 bits per heavy atom. The highest BCUT2D eigenvalue weighted by Gasteiger charge is 2.36. The van der Waals surface area contributed by atoms with Crippen LogP contribution >= 0.6 is 23.4 Å². The van der Waals surface area contributed by atoms with E-state index in [1.807, 2.05) is 43.3 Å². The lowest BCUT2D eigenvalue weighted by atomic mass is 9.82. The monoisotopic (exact) mass is 572 g/mol. The van der Waals surface area contributed by atoms with Crippen LogP contribution < -0.4 is 20.7 Å². The lowest BCUT2D eigenvalue weighted by molar-refractivity contribution is -0.114. The maximum Gasteiger partial charge on any atom is 0.254 e. The molecule has 3 N–H and O–H groups in total. The van der Waals surface area contributed by atoms with E-state index in [0.29, 0.717) is 43.9 Å². The van der Waals surface area contributed by atoms with Gasteiger partial charge in [0.2, 0.25) is 5.91 Å². The quantitative estimate of drug-likeness (QED) is 0.266. The largest absolute Gasteiger partial charge is 0.495 e. The molecule has 0 spiro atoms. The molecule has 40 heavy (non-hydrogen) atoms. The molecule has 1 heterocycles. The topological polar surface area (TPSA) is 103 Å². The van der Waals surface area contributed by atoms with Crippen molar-refractivity contribution in [1.29, 1.82) is 5.26 Å². The Kier molecular flexibility index (Phi) is 9.54. The molecule has 0 saturated carbocycles. The number of nitrogens with zero attached hydrogens (tertiary/aromatic N) is 1. The molecule has 0 bridgehead atoms. The van der Waals surface area contributed by atoms with Crippen LogP contribution in [0.1, 0.15) is 30.9 Å². The Hall–Kier alpha value is -4.19. The lowest BCUT2D eigenvalue weighted by Gasteiger charge is -2.30. The molecule has 0 aliphatic carbocycles. The molecular formula is C31H29ClN4O3S. The number of thioether (sulfide) groups is 1. The van der Waals surface area contributed by atoms with E-state index < -0.39 is 11.8 Å². The van der Waals surface area contributed by atoms with Crippen LogP contribution in [0.4, 0.5) is 11.4 Å².